The van der Waals surface area contributed by atoms with Crippen LogP contribution in [-0.4, -0.2) is 25.8 Å². The molecule has 0 bridgehead atoms. The Labute approximate surface area is 128 Å². The van der Waals surface area contributed by atoms with Gasteiger partial charge in [-0.2, -0.15) is 5.10 Å². The van der Waals surface area contributed by atoms with Crippen molar-refractivity contribution in [3.63, 3.8) is 0 Å². The van der Waals surface area contributed by atoms with E-state index in [0.717, 1.165) is 6.42 Å². The van der Waals surface area contributed by atoms with E-state index in [1.807, 2.05) is 0 Å². The van der Waals surface area contributed by atoms with Gasteiger partial charge in [-0.3, -0.25) is 4.79 Å². The van der Waals surface area contributed by atoms with Crippen LogP contribution in [0.4, 0.5) is 4.39 Å². The number of aromatic nitrogens is 3. The topological polar surface area (TPSA) is 68.0 Å². The molecule has 2 rings (SSSR count). The summed E-state index contributed by atoms with van der Waals surface area (Å²) in [7, 11) is 0. The number of benzene rings is 1. The summed E-state index contributed by atoms with van der Waals surface area (Å²) in [5, 5.41) is 13.3. The zero-order chi connectivity index (χ0) is 16.3. The van der Waals surface area contributed by atoms with E-state index in [1.165, 1.54) is 10.7 Å². The number of carboxylic acids is 1. The molecule has 1 N–H and O–H groups in total. The third-order valence-corrected chi connectivity index (χ3v) is 3.39. The number of aliphatic carboxylic acids is 1. The zero-order valence-electron chi connectivity index (χ0n) is 13.0. The van der Waals surface area contributed by atoms with Crippen LogP contribution in [0, 0.1) is 18.7 Å². The maximum absolute atomic E-state index is 13.4. The largest absolute Gasteiger partial charge is 0.480 e. The predicted molar refractivity (Wildman–Crippen MR) is 80.9 cm³/mol. The third kappa shape index (κ3) is 3.90. The standard InChI is InChI=1S/C16H20FN3O2/c1-10(2)4-7-14-18-16(19-20(14)9-15(21)22)12-5-6-13(17)11(3)8-12/h5-6,8,10H,4,7,9H2,1-3H3,(H,21,22). The average Bonchev–Trinajstić information content (AvgIpc) is 2.82. The smallest absolute Gasteiger partial charge is 0.325 e. The van der Waals surface area contributed by atoms with Crippen LogP contribution in [0.5, 0.6) is 0 Å². The molecule has 1 heterocycles. The molecule has 6 heteroatoms. The van der Waals surface area contributed by atoms with Crippen LogP contribution in [0.15, 0.2) is 18.2 Å². The van der Waals surface area contributed by atoms with Gasteiger partial charge in [0.05, 0.1) is 0 Å². The molecule has 0 aliphatic carbocycles. The Morgan fingerprint density at radius 3 is 2.73 bits per heavy atom. The SMILES string of the molecule is Cc1cc(-c2nc(CCC(C)C)n(CC(=O)O)n2)ccc1F. The van der Waals surface area contributed by atoms with Crippen molar-refractivity contribution in [2.75, 3.05) is 0 Å². The van der Waals surface area contributed by atoms with E-state index in [4.69, 9.17) is 5.11 Å². The molecule has 0 saturated heterocycles. The van der Waals surface area contributed by atoms with E-state index in [9.17, 15) is 9.18 Å². The van der Waals surface area contributed by atoms with E-state index in [0.29, 0.717) is 35.1 Å². The minimum atomic E-state index is -0.961. The fourth-order valence-corrected chi connectivity index (χ4v) is 2.14. The first-order chi connectivity index (χ1) is 10.4. The van der Waals surface area contributed by atoms with E-state index in [-0.39, 0.29) is 12.4 Å². The monoisotopic (exact) mass is 305 g/mol. The van der Waals surface area contributed by atoms with E-state index in [1.54, 1.807) is 19.1 Å². The van der Waals surface area contributed by atoms with E-state index in [2.05, 4.69) is 23.9 Å². The summed E-state index contributed by atoms with van der Waals surface area (Å²) in [6.07, 6.45) is 1.57. The van der Waals surface area contributed by atoms with Crippen LogP contribution in [-0.2, 0) is 17.8 Å². The Kier molecular flexibility index (Phi) is 4.90. The summed E-state index contributed by atoms with van der Waals surface area (Å²) in [6, 6.07) is 4.65. The van der Waals surface area contributed by atoms with Crippen LogP contribution in [0.25, 0.3) is 11.4 Å². The Morgan fingerprint density at radius 1 is 1.41 bits per heavy atom. The highest BCUT2D eigenvalue weighted by Crippen LogP contribution is 2.20. The summed E-state index contributed by atoms with van der Waals surface area (Å²) in [6.45, 7) is 5.65. The molecule has 0 amide bonds. The van der Waals surface area contributed by atoms with Crippen molar-refractivity contribution >= 4 is 5.97 Å². The number of rotatable bonds is 6. The molecule has 1 aromatic carbocycles. The number of nitrogens with zero attached hydrogens (tertiary/aromatic N) is 3. The molecule has 22 heavy (non-hydrogen) atoms. The minimum Gasteiger partial charge on any atom is -0.480 e. The summed E-state index contributed by atoms with van der Waals surface area (Å²) in [4.78, 5) is 15.4. The van der Waals surface area contributed by atoms with Crippen LogP contribution < -0.4 is 0 Å². The minimum absolute atomic E-state index is 0.222. The second kappa shape index (κ2) is 6.68. The molecule has 0 fully saturated rings. The lowest BCUT2D eigenvalue weighted by molar-refractivity contribution is -0.137. The molecule has 2 aromatic rings. The molecule has 1 aromatic heterocycles. The lowest BCUT2D eigenvalue weighted by Crippen LogP contribution is -2.14. The third-order valence-electron chi connectivity index (χ3n) is 3.39. The van der Waals surface area contributed by atoms with Crippen molar-refractivity contribution in [2.24, 2.45) is 5.92 Å². The Balaban J connectivity index is 2.35. The zero-order valence-corrected chi connectivity index (χ0v) is 13.0. The molecule has 0 atom stereocenters. The molecular weight excluding hydrogens is 285 g/mol. The lowest BCUT2D eigenvalue weighted by atomic mass is 10.1. The van der Waals surface area contributed by atoms with E-state index < -0.39 is 5.97 Å². The van der Waals surface area contributed by atoms with Gasteiger partial charge in [-0.25, -0.2) is 14.1 Å². The Hall–Kier alpha value is -2.24. The molecule has 0 spiro atoms. The number of aryl methyl sites for hydroxylation is 2. The molecular formula is C16H20FN3O2. The van der Waals surface area contributed by atoms with Gasteiger partial charge in [0.2, 0.25) is 0 Å². The maximum Gasteiger partial charge on any atom is 0.325 e. The maximum atomic E-state index is 13.4. The van der Waals surface area contributed by atoms with Gasteiger partial charge < -0.3 is 5.11 Å². The molecule has 0 saturated carbocycles. The first kappa shape index (κ1) is 16.1. The quantitative estimate of drug-likeness (QED) is 0.890. The van der Waals surface area contributed by atoms with Crippen molar-refractivity contribution in [1.29, 1.82) is 0 Å². The number of carboxylic acid groups (broad SMARTS) is 1. The Bertz CT molecular complexity index is 680. The van der Waals surface area contributed by atoms with Gasteiger partial charge >= 0.3 is 5.97 Å². The van der Waals surface area contributed by atoms with Crippen molar-refractivity contribution < 1.29 is 14.3 Å². The highest BCUT2D eigenvalue weighted by molar-refractivity contribution is 5.66. The first-order valence-corrected chi connectivity index (χ1v) is 7.29. The Morgan fingerprint density at radius 2 is 2.14 bits per heavy atom. The van der Waals surface area contributed by atoms with E-state index >= 15 is 0 Å². The highest BCUT2D eigenvalue weighted by atomic mass is 19.1. The number of halogens is 1. The molecule has 5 nitrogen and oxygen atoms in total. The summed E-state index contributed by atoms with van der Waals surface area (Å²) in [5.41, 5.74) is 1.20. The molecule has 0 aliphatic rings. The fraction of sp³-hybridized carbons (Fsp3) is 0.438. The van der Waals surface area contributed by atoms with Gasteiger partial charge in [0.1, 0.15) is 18.2 Å². The highest BCUT2D eigenvalue weighted by Gasteiger charge is 2.15. The second-order valence-corrected chi connectivity index (χ2v) is 5.80. The average molecular weight is 305 g/mol. The normalized spacial score (nSPS) is 11.1. The van der Waals surface area contributed by atoms with Gasteiger partial charge in [0.25, 0.3) is 0 Å². The van der Waals surface area contributed by atoms with Crippen molar-refractivity contribution in [3.8, 4) is 11.4 Å². The van der Waals surface area contributed by atoms with Crippen LogP contribution >= 0.6 is 0 Å². The van der Waals surface area contributed by atoms with Gasteiger partial charge in [-0.05, 0) is 43.0 Å². The van der Waals surface area contributed by atoms with Crippen LogP contribution in [0.3, 0.4) is 0 Å². The molecule has 0 aliphatic heterocycles. The number of hydrogen-bond acceptors (Lipinski definition) is 3. The fourth-order valence-electron chi connectivity index (χ4n) is 2.14. The first-order valence-electron chi connectivity index (χ1n) is 7.29. The lowest BCUT2D eigenvalue weighted by Gasteiger charge is -2.04. The predicted octanol–water partition coefficient (Wildman–Crippen LogP) is 3.07. The molecule has 118 valence electrons. The number of hydrogen-bond donors (Lipinski definition) is 1. The van der Waals surface area contributed by atoms with Crippen molar-refractivity contribution in [2.45, 2.75) is 40.2 Å². The second-order valence-electron chi connectivity index (χ2n) is 5.80. The van der Waals surface area contributed by atoms with Crippen LogP contribution in [0.2, 0.25) is 0 Å². The van der Waals surface area contributed by atoms with Crippen molar-refractivity contribution in [3.05, 3.63) is 35.4 Å². The van der Waals surface area contributed by atoms with Gasteiger partial charge in [0.15, 0.2) is 5.82 Å². The number of carbonyl (C=O) groups is 1. The molecule has 0 radical (unpaired) electrons. The van der Waals surface area contributed by atoms with Crippen molar-refractivity contribution in [1.82, 2.24) is 14.8 Å². The molecule has 0 unspecified atom stereocenters. The summed E-state index contributed by atoms with van der Waals surface area (Å²) >= 11 is 0. The van der Waals surface area contributed by atoms with Gasteiger partial charge in [0, 0.05) is 12.0 Å². The van der Waals surface area contributed by atoms with Gasteiger partial charge in [-0.15, -0.1) is 0 Å². The van der Waals surface area contributed by atoms with Gasteiger partial charge in [-0.1, -0.05) is 13.8 Å². The summed E-state index contributed by atoms with van der Waals surface area (Å²) < 4.78 is 14.8. The van der Waals surface area contributed by atoms with Crippen LogP contribution in [0.1, 0.15) is 31.7 Å². The summed E-state index contributed by atoms with van der Waals surface area (Å²) in [5.74, 6) is 0.328.